The summed E-state index contributed by atoms with van der Waals surface area (Å²) < 4.78 is 31.9. The molecule has 0 saturated heterocycles. The van der Waals surface area contributed by atoms with Crippen molar-refractivity contribution in [3.05, 3.63) is 54.1 Å². The first kappa shape index (κ1) is 22.4. The molecule has 9 heteroatoms. The fraction of sp³-hybridized carbons (Fsp3) is 0.300. The van der Waals surface area contributed by atoms with Gasteiger partial charge in [0.25, 0.3) is 5.91 Å². The maximum Gasteiger partial charge on any atom is 0.251 e. The Bertz CT molecular complexity index is 939. The minimum atomic E-state index is -3.67. The van der Waals surface area contributed by atoms with E-state index in [1.807, 2.05) is 0 Å². The maximum atomic E-state index is 12.2. The first-order chi connectivity index (χ1) is 13.7. The molecule has 0 heterocycles. The molecule has 0 aliphatic rings. The summed E-state index contributed by atoms with van der Waals surface area (Å²) in [5, 5.41) is 5.39. The lowest BCUT2D eigenvalue weighted by Gasteiger charge is -2.10. The lowest BCUT2D eigenvalue weighted by molar-refractivity contribution is -0.118. The van der Waals surface area contributed by atoms with Crippen LogP contribution in [-0.4, -0.2) is 40.4 Å². The fourth-order valence-electron chi connectivity index (χ4n) is 2.29. The number of carbonyl (C=O) groups is 2. The fourth-order valence-corrected chi connectivity index (χ4v) is 3.33. The second-order valence-corrected chi connectivity index (χ2v) is 8.32. The third-order valence-corrected chi connectivity index (χ3v) is 5.49. The molecule has 2 amide bonds. The van der Waals surface area contributed by atoms with Gasteiger partial charge in [-0.25, -0.2) is 13.1 Å². The molecule has 0 aliphatic carbocycles. The maximum absolute atomic E-state index is 12.2. The van der Waals surface area contributed by atoms with E-state index in [0.29, 0.717) is 17.0 Å². The first-order valence-corrected chi connectivity index (χ1v) is 10.5. The van der Waals surface area contributed by atoms with Crippen molar-refractivity contribution in [3.63, 3.8) is 0 Å². The highest BCUT2D eigenvalue weighted by atomic mass is 32.2. The Labute approximate surface area is 170 Å². The molecule has 2 aromatic carbocycles. The van der Waals surface area contributed by atoms with Crippen LogP contribution in [0, 0.1) is 5.92 Å². The van der Waals surface area contributed by atoms with Gasteiger partial charge in [0.15, 0.2) is 0 Å². The summed E-state index contributed by atoms with van der Waals surface area (Å²) in [6, 6.07) is 12.5. The van der Waals surface area contributed by atoms with E-state index in [1.165, 1.54) is 19.2 Å². The lowest BCUT2D eigenvalue weighted by atomic mass is 10.1. The summed E-state index contributed by atoms with van der Waals surface area (Å²) >= 11 is 0. The minimum Gasteiger partial charge on any atom is -0.497 e. The molecule has 29 heavy (non-hydrogen) atoms. The van der Waals surface area contributed by atoms with Gasteiger partial charge in [-0.15, -0.1) is 0 Å². The standard InChI is InChI=1S/C20H25N3O5S/c1-14(2)19(24)23-16-6-4-15(5-7-16)20(25)21-12-13-22-29(26,27)18-10-8-17(28-3)9-11-18/h4-11,14,22H,12-13H2,1-3H3,(H,21,25)(H,23,24). The summed E-state index contributed by atoms with van der Waals surface area (Å²) in [5.41, 5.74) is 1.01. The number of sulfonamides is 1. The van der Waals surface area contributed by atoms with Gasteiger partial charge in [0, 0.05) is 30.3 Å². The molecule has 0 spiro atoms. The Hall–Kier alpha value is -2.91. The Morgan fingerprint density at radius 3 is 2.14 bits per heavy atom. The van der Waals surface area contributed by atoms with E-state index in [4.69, 9.17) is 4.74 Å². The number of rotatable bonds is 9. The van der Waals surface area contributed by atoms with Crippen LogP contribution < -0.4 is 20.1 Å². The smallest absolute Gasteiger partial charge is 0.251 e. The summed E-state index contributed by atoms with van der Waals surface area (Å²) in [6.07, 6.45) is 0. The van der Waals surface area contributed by atoms with Crippen molar-refractivity contribution in [1.82, 2.24) is 10.0 Å². The van der Waals surface area contributed by atoms with Crippen molar-refractivity contribution in [2.24, 2.45) is 5.92 Å². The van der Waals surface area contributed by atoms with Crippen molar-refractivity contribution >= 4 is 27.5 Å². The summed E-state index contributed by atoms with van der Waals surface area (Å²) in [7, 11) is -2.17. The Kier molecular flexibility index (Phi) is 7.74. The van der Waals surface area contributed by atoms with Crippen LogP contribution >= 0.6 is 0 Å². The van der Waals surface area contributed by atoms with Gasteiger partial charge in [0.1, 0.15) is 5.75 Å². The number of hydrogen-bond donors (Lipinski definition) is 3. The molecule has 8 nitrogen and oxygen atoms in total. The molecule has 0 saturated carbocycles. The topological polar surface area (TPSA) is 114 Å². The summed E-state index contributed by atoms with van der Waals surface area (Å²) in [6.45, 7) is 3.75. The zero-order valence-corrected chi connectivity index (χ0v) is 17.4. The molecule has 0 aliphatic heterocycles. The second kappa shape index (κ2) is 10.0. The van der Waals surface area contributed by atoms with Crippen LogP contribution in [0.15, 0.2) is 53.4 Å². The molecule has 3 N–H and O–H groups in total. The molecule has 156 valence electrons. The SMILES string of the molecule is COc1ccc(S(=O)(=O)NCCNC(=O)c2ccc(NC(=O)C(C)C)cc2)cc1. The number of ether oxygens (including phenoxy) is 1. The van der Waals surface area contributed by atoms with Crippen LogP contribution in [0.5, 0.6) is 5.75 Å². The van der Waals surface area contributed by atoms with E-state index >= 15 is 0 Å². The van der Waals surface area contributed by atoms with E-state index in [-0.39, 0.29) is 35.7 Å². The van der Waals surface area contributed by atoms with Crippen molar-refractivity contribution in [1.29, 1.82) is 0 Å². The zero-order chi connectivity index (χ0) is 21.4. The van der Waals surface area contributed by atoms with Gasteiger partial charge in [-0.2, -0.15) is 0 Å². The third-order valence-electron chi connectivity index (χ3n) is 4.01. The monoisotopic (exact) mass is 419 g/mol. The molecule has 0 bridgehead atoms. The number of hydrogen-bond acceptors (Lipinski definition) is 5. The summed E-state index contributed by atoms with van der Waals surface area (Å²) in [5.74, 6) is -0.0209. The summed E-state index contributed by atoms with van der Waals surface area (Å²) in [4.78, 5) is 23.9. The average Bonchev–Trinajstić information content (AvgIpc) is 2.71. The highest BCUT2D eigenvalue weighted by Gasteiger charge is 2.14. The van der Waals surface area contributed by atoms with Gasteiger partial charge >= 0.3 is 0 Å². The average molecular weight is 420 g/mol. The van der Waals surface area contributed by atoms with Crippen LogP contribution in [0.2, 0.25) is 0 Å². The predicted octanol–water partition coefficient (Wildman–Crippen LogP) is 2.00. The van der Waals surface area contributed by atoms with Gasteiger partial charge in [-0.1, -0.05) is 13.8 Å². The van der Waals surface area contributed by atoms with Gasteiger partial charge in [0.05, 0.1) is 12.0 Å². The molecular weight excluding hydrogens is 394 g/mol. The van der Waals surface area contributed by atoms with Crippen molar-refractivity contribution in [2.45, 2.75) is 18.7 Å². The first-order valence-electron chi connectivity index (χ1n) is 9.06. The van der Waals surface area contributed by atoms with Crippen LogP contribution in [0.3, 0.4) is 0 Å². The van der Waals surface area contributed by atoms with Gasteiger partial charge in [0.2, 0.25) is 15.9 Å². The lowest BCUT2D eigenvalue weighted by Crippen LogP contribution is -2.34. The predicted molar refractivity (Wildman–Crippen MR) is 110 cm³/mol. The Balaban J connectivity index is 1.82. The highest BCUT2D eigenvalue weighted by Crippen LogP contribution is 2.15. The van der Waals surface area contributed by atoms with Gasteiger partial charge in [-0.05, 0) is 48.5 Å². The van der Waals surface area contributed by atoms with Crippen molar-refractivity contribution < 1.29 is 22.7 Å². The molecule has 0 unspecified atom stereocenters. The second-order valence-electron chi connectivity index (χ2n) is 6.55. The normalized spacial score (nSPS) is 11.2. The molecule has 0 atom stereocenters. The number of benzene rings is 2. The number of methoxy groups -OCH3 is 1. The van der Waals surface area contributed by atoms with Crippen molar-refractivity contribution in [2.75, 3.05) is 25.5 Å². The van der Waals surface area contributed by atoms with Crippen molar-refractivity contribution in [3.8, 4) is 5.75 Å². The molecule has 2 rings (SSSR count). The largest absolute Gasteiger partial charge is 0.497 e. The van der Waals surface area contributed by atoms with Crippen LogP contribution in [0.4, 0.5) is 5.69 Å². The molecule has 0 radical (unpaired) electrons. The van der Waals surface area contributed by atoms with Crippen LogP contribution in [0.25, 0.3) is 0 Å². The Morgan fingerprint density at radius 2 is 1.59 bits per heavy atom. The third kappa shape index (κ3) is 6.58. The van der Waals surface area contributed by atoms with Crippen LogP contribution in [-0.2, 0) is 14.8 Å². The number of nitrogens with one attached hydrogen (secondary N) is 3. The Morgan fingerprint density at radius 1 is 0.966 bits per heavy atom. The molecular formula is C20H25N3O5S. The highest BCUT2D eigenvalue weighted by molar-refractivity contribution is 7.89. The molecule has 0 fully saturated rings. The van der Waals surface area contributed by atoms with E-state index in [2.05, 4.69) is 15.4 Å². The quantitative estimate of drug-likeness (QED) is 0.538. The minimum absolute atomic E-state index is 0.0443. The van der Waals surface area contributed by atoms with E-state index in [0.717, 1.165) is 0 Å². The van der Waals surface area contributed by atoms with E-state index in [9.17, 15) is 18.0 Å². The van der Waals surface area contributed by atoms with E-state index < -0.39 is 10.0 Å². The molecule has 2 aromatic rings. The number of carbonyl (C=O) groups excluding carboxylic acids is 2. The number of anilines is 1. The zero-order valence-electron chi connectivity index (χ0n) is 16.6. The van der Waals surface area contributed by atoms with Gasteiger partial charge in [-0.3, -0.25) is 9.59 Å². The van der Waals surface area contributed by atoms with E-state index in [1.54, 1.807) is 50.2 Å². The van der Waals surface area contributed by atoms with Gasteiger partial charge < -0.3 is 15.4 Å². The van der Waals surface area contributed by atoms with Crippen LogP contribution in [0.1, 0.15) is 24.2 Å². The molecule has 0 aromatic heterocycles. The number of amides is 2.